The van der Waals surface area contributed by atoms with Gasteiger partial charge in [-0.25, -0.2) is 0 Å². The zero-order valence-electron chi connectivity index (χ0n) is 9.02. The van der Waals surface area contributed by atoms with Crippen LogP contribution < -0.4 is 16.4 Å². The molecule has 0 aromatic rings. The number of amides is 2. The summed E-state index contributed by atoms with van der Waals surface area (Å²) in [5.41, 5.74) is 4.38. The predicted molar refractivity (Wildman–Crippen MR) is 54.6 cm³/mol. The van der Waals surface area contributed by atoms with E-state index >= 15 is 0 Å². The Labute approximate surface area is 84.4 Å². The summed E-state index contributed by atoms with van der Waals surface area (Å²) in [6, 6.07) is 0. The monoisotopic (exact) mass is 201 g/mol. The van der Waals surface area contributed by atoms with Gasteiger partial charge in [-0.1, -0.05) is 0 Å². The zero-order valence-corrected chi connectivity index (χ0v) is 9.02. The number of likely N-dealkylation sites (N-methyl/N-ethyl adjacent to an activating group) is 1. The van der Waals surface area contributed by atoms with Crippen LogP contribution in [0.2, 0.25) is 0 Å². The fourth-order valence-corrected chi connectivity index (χ4v) is 0.799. The van der Waals surface area contributed by atoms with Crippen LogP contribution in [0, 0.1) is 0 Å². The van der Waals surface area contributed by atoms with Crippen LogP contribution in [0.1, 0.15) is 26.7 Å². The molecule has 5 nitrogen and oxygen atoms in total. The molecule has 2 amide bonds. The van der Waals surface area contributed by atoms with Crippen LogP contribution >= 0.6 is 0 Å². The largest absolute Gasteiger partial charge is 0.370 e. The Hall–Kier alpha value is -1.10. The molecule has 0 aliphatic carbocycles. The van der Waals surface area contributed by atoms with Crippen molar-refractivity contribution in [3.8, 4) is 0 Å². The molecule has 0 aliphatic heterocycles. The Balaban J connectivity index is 3.70. The molecule has 0 radical (unpaired) electrons. The lowest BCUT2D eigenvalue weighted by molar-refractivity contribution is -0.126. The summed E-state index contributed by atoms with van der Waals surface area (Å²) >= 11 is 0. The molecule has 0 unspecified atom stereocenters. The minimum Gasteiger partial charge on any atom is -0.370 e. The van der Waals surface area contributed by atoms with Crippen molar-refractivity contribution in [2.75, 3.05) is 13.6 Å². The number of nitrogens with two attached hydrogens (primary N) is 1. The first-order valence-electron chi connectivity index (χ1n) is 4.65. The second-order valence-corrected chi connectivity index (χ2v) is 3.70. The van der Waals surface area contributed by atoms with Gasteiger partial charge in [-0.05, 0) is 27.3 Å². The normalized spacial score (nSPS) is 11.1. The lowest BCUT2D eigenvalue weighted by Gasteiger charge is -2.22. The smallest absolute Gasteiger partial charge is 0.239 e. The molecule has 0 saturated heterocycles. The van der Waals surface area contributed by atoms with E-state index in [1.54, 1.807) is 20.9 Å². The van der Waals surface area contributed by atoms with Crippen LogP contribution in [0.25, 0.3) is 0 Å². The molecule has 0 heterocycles. The fourth-order valence-electron chi connectivity index (χ4n) is 0.799. The Morgan fingerprint density at radius 2 is 1.93 bits per heavy atom. The zero-order chi connectivity index (χ0) is 11.2. The maximum absolute atomic E-state index is 11.5. The third kappa shape index (κ3) is 4.81. The van der Waals surface area contributed by atoms with Gasteiger partial charge in [0.1, 0.15) is 0 Å². The molecule has 0 atom stereocenters. The second kappa shape index (κ2) is 5.59. The van der Waals surface area contributed by atoms with Gasteiger partial charge in [-0.3, -0.25) is 9.59 Å². The van der Waals surface area contributed by atoms with Gasteiger partial charge in [0.15, 0.2) is 0 Å². The number of nitrogens with one attached hydrogen (secondary N) is 2. The van der Waals surface area contributed by atoms with Crippen molar-refractivity contribution in [1.29, 1.82) is 0 Å². The summed E-state index contributed by atoms with van der Waals surface area (Å²) in [4.78, 5) is 21.8. The van der Waals surface area contributed by atoms with E-state index in [1.165, 1.54) is 0 Å². The average Bonchev–Trinajstić information content (AvgIpc) is 2.11. The van der Waals surface area contributed by atoms with Gasteiger partial charge >= 0.3 is 0 Å². The van der Waals surface area contributed by atoms with Crippen LogP contribution in [0.4, 0.5) is 0 Å². The third-order valence-electron chi connectivity index (χ3n) is 2.08. The van der Waals surface area contributed by atoms with Crippen LogP contribution in [0.15, 0.2) is 0 Å². The van der Waals surface area contributed by atoms with Crippen molar-refractivity contribution in [3.05, 3.63) is 0 Å². The average molecular weight is 201 g/mol. The van der Waals surface area contributed by atoms with E-state index in [0.717, 1.165) is 0 Å². The van der Waals surface area contributed by atoms with Crippen molar-refractivity contribution < 1.29 is 9.59 Å². The van der Waals surface area contributed by atoms with E-state index in [9.17, 15) is 9.59 Å². The first kappa shape index (κ1) is 12.9. The lowest BCUT2D eigenvalue weighted by Crippen LogP contribution is -2.51. The minimum atomic E-state index is -0.577. The Morgan fingerprint density at radius 3 is 2.36 bits per heavy atom. The standard InChI is InChI=1S/C9H19N3O2/c1-9(2,11-3)8(14)12-6-4-5-7(10)13/h11H,4-6H2,1-3H3,(H2,10,13)(H,12,14). The Kier molecular flexibility index (Phi) is 5.15. The highest BCUT2D eigenvalue weighted by Gasteiger charge is 2.24. The molecule has 0 aromatic carbocycles. The molecule has 0 fully saturated rings. The molecule has 0 spiro atoms. The number of carbonyl (C=O) groups excluding carboxylic acids is 2. The molecule has 14 heavy (non-hydrogen) atoms. The first-order valence-corrected chi connectivity index (χ1v) is 4.65. The van der Waals surface area contributed by atoms with Crippen LogP contribution in [-0.4, -0.2) is 30.9 Å². The van der Waals surface area contributed by atoms with Crippen LogP contribution in [0.3, 0.4) is 0 Å². The van der Waals surface area contributed by atoms with Crippen molar-refractivity contribution in [1.82, 2.24) is 10.6 Å². The van der Waals surface area contributed by atoms with Crippen molar-refractivity contribution in [2.24, 2.45) is 5.73 Å². The number of hydrogen-bond donors (Lipinski definition) is 3. The van der Waals surface area contributed by atoms with Gasteiger partial charge in [0.2, 0.25) is 11.8 Å². The number of hydrogen-bond acceptors (Lipinski definition) is 3. The maximum atomic E-state index is 11.5. The molecular formula is C9H19N3O2. The molecule has 0 bridgehead atoms. The molecule has 0 aliphatic rings. The molecule has 0 saturated carbocycles. The van der Waals surface area contributed by atoms with Crippen molar-refractivity contribution in [3.63, 3.8) is 0 Å². The molecule has 0 rings (SSSR count). The van der Waals surface area contributed by atoms with Gasteiger partial charge in [-0.15, -0.1) is 0 Å². The molecule has 0 aromatic heterocycles. The highest BCUT2D eigenvalue weighted by Crippen LogP contribution is 2.00. The molecular weight excluding hydrogens is 182 g/mol. The lowest BCUT2D eigenvalue weighted by atomic mass is 10.1. The van der Waals surface area contributed by atoms with Gasteiger partial charge in [0.25, 0.3) is 0 Å². The number of rotatable bonds is 6. The highest BCUT2D eigenvalue weighted by molar-refractivity contribution is 5.85. The van der Waals surface area contributed by atoms with Gasteiger partial charge in [-0.2, -0.15) is 0 Å². The van der Waals surface area contributed by atoms with Crippen LogP contribution in [-0.2, 0) is 9.59 Å². The summed E-state index contributed by atoms with van der Waals surface area (Å²) < 4.78 is 0. The molecule has 82 valence electrons. The summed E-state index contributed by atoms with van der Waals surface area (Å²) in [5.74, 6) is -0.420. The van der Waals surface area contributed by atoms with E-state index in [4.69, 9.17) is 5.73 Å². The molecule has 4 N–H and O–H groups in total. The SMILES string of the molecule is CNC(C)(C)C(=O)NCCCC(N)=O. The second-order valence-electron chi connectivity index (χ2n) is 3.70. The van der Waals surface area contributed by atoms with E-state index in [2.05, 4.69) is 10.6 Å². The summed E-state index contributed by atoms with van der Waals surface area (Å²) in [7, 11) is 1.73. The fraction of sp³-hybridized carbons (Fsp3) is 0.778. The maximum Gasteiger partial charge on any atom is 0.239 e. The quantitative estimate of drug-likeness (QED) is 0.500. The topological polar surface area (TPSA) is 84.2 Å². The summed E-state index contributed by atoms with van der Waals surface area (Å²) in [6.45, 7) is 4.06. The van der Waals surface area contributed by atoms with Crippen molar-refractivity contribution >= 4 is 11.8 Å². The van der Waals surface area contributed by atoms with E-state index in [1.807, 2.05) is 0 Å². The van der Waals surface area contributed by atoms with Crippen LogP contribution in [0.5, 0.6) is 0 Å². The minimum absolute atomic E-state index is 0.0792. The van der Waals surface area contributed by atoms with Gasteiger partial charge in [0.05, 0.1) is 5.54 Å². The van der Waals surface area contributed by atoms with E-state index < -0.39 is 5.54 Å². The van der Waals surface area contributed by atoms with Gasteiger partial charge in [0, 0.05) is 13.0 Å². The third-order valence-corrected chi connectivity index (χ3v) is 2.08. The molecule has 5 heteroatoms. The Morgan fingerprint density at radius 1 is 1.36 bits per heavy atom. The van der Waals surface area contributed by atoms with E-state index in [-0.39, 0.29) is 11.8 Å². The Bertz CT molecular complexity index is 214. The summed E-state index contributed by atoms with van der Waals surface area (Å²) in [5, 5.41) is 5.61. The van der Waals surface area contributed by atoms with Crippen molar-refractivity contribution in [2.45, 2.75) is 32.2 Å². The number of carbonyl (C=O) groups is 2. The first-order chi connectivity index (χ1) is 6.40. The number of primary amides is 1. The highest BCUT2D eigenvalue weighted by atomic mass is 16.2. The predicted octanol–water partition coefficient (Wildman–Crippen LogP) is -0.634. The van der Waals surface area contributed by atoms with Gasteiger partial charge < -0.3 is 16.4 Å². The summed E-state index contributed by atoms with van der Waals surface area (Å²) in [6.07, 6.45) is 0.890. The van der Waals surface area contributed by atoms with E-state index in [0.29, 0.717) is 19.4 Å².